The fraction of sp³-hybridized carbons (Fsp3) is 0.500. The number of nitriles is 1. The molecule has 2 heterocycles. The predicted octanol–water partition coefficient (Wildman–Crippen LogP) is 2.91. The van der Waals surface area contributed by atoms with Gasteiger partial charge < -0.3 is 14.6 Å². The van der Waals surface area contributed by atoms with Gasteiger partial charge in [0, 0.05) is 19.1 Å². The summed E-state index contributed by atoms with van der Waals surface area (Å²) in [6, 6.07) is 4.26. The summed E-state index contributed by atoms with van der Waals surface area (Å²) in [5.41, 5.74) is -0.370. The summed E-state index contributed by atoms with van der Waals surface area (Å²) >= 11 is 0. The molecule has 0 bridgehead atoms. The Morgan fingerprint density at radius 2 is 2.00 bits per heavy atom. The lowest BCUT2D eigenvalue weighted by atomic mass is 10.0. The van der Waals surface area contributed by atoms with Crippen LogP contribution in [0.15, 0.2) is 16.9 Å². The molecule has 1 aromatic heterocycles. The van der Waals surface area contributed by atoms with Crippen molar-refractivity contribution in [3.8, 4) is 6.07 Å². The van der Waals surface area contributed by atoms with E-state index in [0.29, 0.717) is 31.4 Å². The van der Waals surface area contributed by atoms with Crippen molar-refractivity contribution in [2.45, 2.75) is 45.3 Å². The van der Waals surface area contributed by atoms with Crippen LogP contribution in [0.25, 0.3) is 11.0 Å². The molecule has 26 heavy (non-hydrogen) atoms. The van der Waals surface area contributed by atoms with Crippen LogP contribution in [0.3, 0.4) is 0 Å². The van der Waals surface area contributed by atoms with Crippen molar-refractivity contribution >= 4 is 17.1 Å². The first kappa shape index (κ1) is 18.0. The Labute approximate surface area is 150 Å². The van der Waals surface area contributed by atoms with Gasteiger partial charge in [-0.05, 0) is 45.7 Å². The molecule has 0 aliphatic carbocycles. The van der Waals surface area contributed by atoms with Crippen LogP contribution in [0.1, 0.15) is 45.2 Å². The lowest BCUT2D eigenvalue weighted by Gasteiger charge is -2.33. The third kappa shape index (κ3) is 3.29. The summed E-state index contributed by atoms with van der Waals surface area (Å²) < 4.78 is 20.8. The number of carbonyl (C=O) groups is 1. The van der Waals surface area contributed by atoms with Gasteiger partial charge in [0.2, 0.25) is 0 Å². The zero-order valence-electron chi connectivity index (χ0n) is 15.0. The average Bonchev–Trinajstić information content (AvgIpc) is 2.89. The van der Waals surface area contributed by atoms with Gasteiger partial charge in [0.1, 0.15) is 23.1 Å². The maximum atomic E-state index is 14.0. The highest BCUT2D eigenvalue weighted by Crippen LogP contribution is 2.28. The maximum Gasteiger partial charge on any atom is 0.410 e. The normalized spacial score (nSPS) is 15.9. The lowest BCUT2D eigenvalue weighted by molar-refractivity contribution is 0.0189. The number of piperidine rings is 1. The third-order valence-electron chi connectivity index (χ3n) is 4.42. The van der Waals surface area contributed by atoms with E-state index in [1.165, 1.54) is 16.7 Å². The number of aromatic amines is 1. The molecule has 1 aliphatic rings. The van der Waals surface area contributed by atoms with Gasteiger partial charge in [-0.1, -0.05) is 0 Å². The van der Waals surface area contributed by atoms with Crippen LogP contribution in [-0.4, -0.2) is 39.2 Å². The minimum Gasteiger partial charge on any atom is -0.444 e. The molecule has 1 saturated heterocycles. The first-order valence-electron chi connectivity index (χ1n) is 8.52. The van der Waals surface area contributed by atoms with Crippen molar-refractivity contribution in [1.29, 1.82) is 5.26 Å². The second-order valence-electron chi connectivity index (χ2n) is 7.43. The van der Waals surface area contributed by atoms with Crippen molar-refractivity contribution in [3.63, 3.8) is 0 Å². The number of rotatable bonds is 1. The fourth-order valence-corrected chi connectivity index (χ4v) is 3.28. The van der Waals surface area contributed by atoms with Gasteiger partial charge >= 0.3 is 11.8 Å². The number of benzene rings is 1. The molecule has 1 fully saturated rings. The van der Waals surface area contributed by atoms with E-state index in [-0.39, 0.29) is 28.9 Å². The Kier molecular flexibility index (Phi) is 4.48. The van der Waals surface area contributed by atoms with Crippen LogP contribution in [0.4, 0.5) is 9.18 Å². The van der Waals surface area contributed by atoms with Crippen LogP contribution < -0.4 is 5.69 Å². The monoisotopic (exact) mass is 360 g/mol. The maximum absolute atomic E-state index is 14.0. The SMILES string of the molecule is CC(C)(C)OC(=O)N1CCC(n2c(=O)[nH]c3ccc(F)c(C#N)c32)CC1. The highest BCUT2D eigenvalue weighted by molar-refractivity contribution is 5.82. The van der Waals surface area contributed by atoms with E-state index >= 15 is 0 Å². The van der Waals surface area contributed by atoms with Gasteiger partial charge in [-0.3, -0.25) is 4.57 Å². The zero-order chi connectivity index (χ0) is 19.1. The van der Waals surface area contributed by atoms with E-state index in [1.54, 1.807) is 25.7 Å². The number of H-pyrrole nitrogens is 1. The number of halogens is 1. The van der Waals surface area contributed by atoms with Crippen molar-refractivity contribution in [3.05, 3.63) is 34.0 Å². The molecule has 0 unspecified atom stereocenters. The molecule has 0 spiro atoms. The summed E-state index contributed by atoms with van der Waals surface area (Å²) in [5.74, 6) is -0.654. The molecule has 1 amide bonds. The Morgan fingerprint density at radius 1 is 1.35 bits per heavy atom. The summed E-state index contributed by atoms with van der Waals surface area (Å²) in [6.07, 6.45) is 0.659. The quantitative estimate of drug-likeness (QED) is 0.846. The van der Waals surface area contributed by atoms with Crippen LogP contribution >= 0.6 is 0 Å². The molecular weight excluding hydrogens is 339 g/mol. The Hall–Kier alpha value is -2.82. The number of aromatic nitrogens is 2. The number of fused-ring (bicyclic) bond motifs is 1. The number of hydrogen-bond acceptors (Lipinski definition) is 4. The molecule has 8 heteroatoms. The average molecular weight is 360 g/mol. The summed E-state index contributed by atoms with van der Waals surface area (Å²) in [5, 5.41) is 9.28. The highest BCUT2D eigenvalue weighted by atomic mass is 19.1. The smallest absolute Gasteiger partial charge is 0.410 e. The van der Waals surface area contributed by atoms with Gasteiger partial charge in [-0.15, -0.1) is 0 Å². The summed E-state index contributed by atoms with van der Waals surface area (Å²) in [4.78, 5) is 28.8. The van der Waals surface area contributed by atoms with Gasteiger partial charge in [-0.2, -0.15) is 5.26 Å². The summed E-state index contributed by atoms with van der Waals surface area (Å²) in [7, 11) is 0. The van der Waals surface area contributed by atoms with Crippen LogP contribution in [0, 0.1) is 17.1 Å². The van der Waals surface area contributed by atoms with Crippen molar-refractivity contribution in [2.75, 3.05) is 13.1 Å². The summed E-state index contributed by atoms with van der Waals surface area (Å²) in [6.45, 7) is 6.27. The number of nitrogens with one attached hydrogen (secondary N) is 1. The standard InChI is InChI=1S/C18H21FN4O3/c1-18(2,3)26-17(25)22-8-6-11(7-9-22)23-15-12(10-20)13(19)4-5-14(15)21-16(23)24/h4-5,11H,6-9H2,1-3H3,(H,21,24). The number of ether oxygens (including phenoxy) is 1. The van der Waals surface area contributed by atoms with E-state index in [9.17, 15) is 19.2 Å². The molecule has 3 rings (SSSR count). The molecule has 7 nitrogen and oxygen atoms in total. The fourth-order valence-electron chi connectivity index (χ4n) is 3.28. The Morgan fingerprint density at radius 3 is 2.58 bits per heavy atom. The van der Waals surface area contributed by atoms with E-state index in [2.05, 4.69) is 4.98 Å². The number of amides is 1. The van der Waals surface area contributed by atoms with Crippen LogP contribution in [0.2, 0.25) is 0 Å². The number of imidazole rings is 1. The minimum absolute atomic E-state index is 0.143. The lowest BCUT2D eigenvalue weighted by Crippen LogP contribution is -2.43. The molecular formula is C18H21FN4O3. The van der Waals surface area contributed by atoms with E-state index in [0.717, 1.165) is 0 Å². The minimum atomic E-state index is -0.654. The second kappa shape index (κ2) is 6.48. The van der Waals surface area contributed by atoms with E-state index < -0.39 is 11.4 Å². The van der Waals surface area contributed by atoms with Gasteiger partial charge in [0.05, 0.1) is 11.0 Å². The first-order chi connectivity index (χ1) is 12.2. The molecule has 1 aromatic carbocycles. The largest absolute Gasteiger partial charge is 0.444 e. The van der Waals surface area contributed by atoms with Gasteiger partial charge in [0.15, 0.2) is 0 Å². The van der Waals surface area contributed by atoms with Gasteiger partial charge in [-0.25, -0.2) is 14.0 Å². The van der Waals surface area contributed by atoms with E-state index in [1.807, 2.05) is 6.07 Å². The Bertz CT molecular complexity index is 940. The molecule has 1 N–H and O–H groups in total. The van der Waals surface area contributed by atoms with Crippen LogP contribution in [-0.2, 0) is 4.74 Å². The predicted molar refractivity (Wildman–Crippen MR) is 93.3 cm³/mol. The third-order valence-corrected chi connectivity index (χ3v) is 4.42. The number of likely N-dealkylation sites (tertiary alicyclic amines) is 1. The zero-order valence-corrected chi connectivity index (χ0v) is 15.0. The number of nitrogens with zero attached hydrogens (tertiary/aromatic N) is 3. The van der Waals surface area contributed by atoms with Crippen molar-refractivity contribution in [2.24, 2.45) is 0 Å². The number of carbonyl (C=O) groups excluding carboxylic acids is 1. The number of hydrogen-bond donors (Lipinski definition) is 1. The van der Waals surface area contributed by atoms with Crippen molar-refractivity contribution < 1.29 is 13.9 Å². The Balaban J connectivity index is 1.86. The van der Waals surface area contributed by atoms with Crippen molar-refractivity contribution in [1.82, 2.24) is 14.5 Å². The topological polar surface area (TPSA) is 91.1 Å². The first-order valence-corrected chi connectivity index (χ1v) is 8.52. The highest BCUT2D eigenvalue weighted by Gasteiger charge is 2.29. The van der Waals surface area contributed by atoms with E-state index in [4.69, 9.17) is 4.74 Å². The second-order valence-corrected chi connectivity index (χ2v) is 7.43. The molecule has 0 atom stereocenters. The van der Waals surface area contributed by atoms with Gasteiger partial charge in [0.25, 0.3) is 0 Å². The molecule has 1 aliphatic heterocycles. The molecule has 138 valence electrons. The molecule has 0 radical (unpaired) electrons. The molecule has 0 saturated carbocycles. The van der Waals surface area contributed by atoms with Crippen LogP contribution in [0.5, 0.6) is 0 Å². The molecule has 2 aromatic rings.